The lowest BCUT2D eigenvalue weighted by Gasteiger charge is -2.39. The van der Waals surface area contributed by atoms with Gasteiger partial charge in [-0.3, -0.25) is 0 Å². The summed E-state index contributed by atoms with van der Waals surface area (Å²) in [5, 5.41) is 7.08. The van der Waals surface area contributed by atoms with E-state index in [0.29, 0.717) is 0 Å². The number of rotatable bonds is 4. The topological polar surface area (TPSA) is 34.5 Å². The lowest BCUT2D eigenvalue weighted by molar-refractivity contribution is 0.661. The fourth-order valence-electron chi connectivity index (χ4n) is 11.0. The molecule has 0 spiro atoms. The second-order valence-corrected chi connectivity index (χ2v) is 16.3. The van der Waals surface area contributed by atoms with Crippen LogP contribution in [0, 0.1) is 0 Å². The van der Waals surface area contributed by atoms with Gasteiger partial charge in [-0.25, -0.2) is 0 Å². The van der Waals surface area contributed by atoms with E-state index in [2.05, 4.69) is 204 Å². The highest BCUT2D eigenvalue weighted by Crippen LogP contribution is 2.50. The maximum Gasteiger partial charge on any atom is 0.329 e. The van der Waals surface area contributed by atoms with Crippen molar-refractivity contribution in [2.75, 3.05) is 4.90 Å². The molecule has 5 heterocycles. The van der Waals surface area contributed by atoms with Gasteiger partial charge in [-0.05, 0) is 88.3 Å². The summed E-state index contributed by atoms with van der Waals surface area (Å²) in [5.74, 6) is -0.199. The summed E-state index contributed by atoms with van der Waals surface area (Å²) in [5.41, 5.74) is 18.2. The third kappa shape index (κ3) is 4.20. The van der Waals surface area contributed by atoms with Crippen molar-refractivity contribution in [2.24, 2.45) is 0 Å². The normalized spacial score (nSPS) is 14.1. The number of para-hydroxylation sites is 7. The molecule has 0 N–H and O–H groups in total. The van der Waals surface area contributed by atoms with Crippen molar-refractivity contribution >= 4 is 101 Å². The van der Waals surface area contributed by atoms with Crippen LogP contribution in [0.1, 0.15) is 22.6 Å². The van der Waals surface area contributed by atoms with E-state index in [9.17, 15) is 0 Å². The minimum atomic E-state index is -0.199. The first-order valence-corrected chi connectivity index (χ1v) is 20.7. The summed E-state index contributed by atoms with van der Waals surface area (Å²) in [6.07, 6.45) is 0. The van der Waals surface area contributed by atoms with Crippen LogP contribution >= 0.6 is 0 Å². The number of benzene rings is 9. The molecule has 14 rings (SSSR count). The number of hydrogen-bond acceptors (Lipinski definition) is 3. The molecule has 2 aliphatic rings. The standard InChI is InChI=1S/C55H33BN2O2/c1-3-15-33(16-4-1)57(34-17-5-2-6-18-34)35-29-30-45-44(31-35)50(42-25-14-24-40-37-20-8-11-27-47(37)60-55(40)42)52-51-41-21-9-12-28-48(41)59-49(51)32-43-39-23-13-22-38-36-19-7-10-26-46(36)58(54(38)39)56(45)53(43)52/h1-32,50H. The zero-order chi connectivity index (χ0) is 39.1. The van der Waals surface area contributed by atoms with Crippen molar-refractivity contribution in [3.8, 4) is 11.1 Å². The molecule has 0 saturated carbocycles. The van der Waals surface area contributed by atoms with Crippen LogP contribution in [-0.4, -0.2) is 11.3 Å². The number of nitrogens with zero attached hydrogens (tertiary/aromatic N) is 2. The van der Waals surface area contributed by atoms with Crippen molar-refractivity contribution in [3.05, 3.63) is 211 Å². The van der Waals surface area contributed by atoms with Crippen LogP contribution in [0.2, 0.25) is 0 Å². The van der Waals surface area contributed by atoms with E-state index in [1.165, 1.54) is 60.4 Å². The number of hydrogen-bond donors (Lipinski definition) is 0. The van der Waals surface area contributed by atoms with Gasteiger partial charge in [0.15, 0.2) is 0 Å². The van der Waals surface area contributed by atoms with Crippen LogP contribution in [0.15, 0.2) is 203 Å². The van der Waals surface area contributed by atoms with E-state index in [0.717, 1.165) is 61.1 Å². The SMILES string of the molecule is c1ccc(N(c2ccccc2)c2ccc3c(c2)C(c2cccc4c2oc2ccccc24)c2c4c(cc5oc6ccccc6c25)-c2cccc5c6ccccc6n(c25)B34)cc1. The van der Waals surface area contributed by atoms with E-state index in [1.54, 1.807) is 0 Å². The number of fused-ring (bicyclic) bond motifs is 14. The molecule has 9 aromatic carbocycles. The maximum atomic E-state index is 6.97. The molecular weight excluding hydrogens is 731 g/mol. The summed E-state index contributed by atoms with van der Waals surface area (Å²) < 4.78 is 16.5. The van der Waals surface area contributed by atoms with E-state index in [-0.39, 0.29) is 12.8 Å². The molecule has 0 amide bonds. The first-order chi connectivity index (χ1) is 29.8. The van der Waals surface area contributed by atoms with Gasteiger partial charge < -0.3 is 18.2 Å². The van der Waals surface area contributed by atoms with Crippen molar-refractivity contribution in [3.63, 3.8) is 0 Å². The highest BCUT2D eigenvalue weighted by molar-refractivity contribution is 6.88. The Bertz CT molecular complexity index is 3710. The van der Waals surface area contributed by atoms with Crippen LogP contribution in [0.4, 0.5) is 17.1 Å². The van der Waals surface area contributed by atoms with Crippen LogP contribution in [-0.2, 0) is 0 Å². The molecule has 1 unspecified atom stereocenters. The molecule has 60 heavy (non-hydrogen) atoms. The fourth-order valence-corrected chi connectivity index (χ4v) is 11.0. The third-order valence-corrected chi connectivity index (χ3v) is 13.3. The van der Waals surface area contributed by atoms with Crippen molar-refractivity contribution in [1.29, 1.82) is 0 Å². The molecule has 1 atom stereocenters. The Balaban J connectivity index is 1.18. The Labute approximate surface area is 345 Å². The van der Waals surface area contributed by atoms with Gasteiger partial charge >= 0.3 is 6.85 Å². The lowest BCUT2D eigenvalue weighted by Crippen LogP contribution is -2.57. The molecule has 278 valence electrons. The molecule has 5 heteroatoms. The summed E-state index contributed by atoms with van der Waals surface area (Å²) in [6, 6.07) is 70.5. The summed E-state index contributed by atoms with van der Waals surface area (Å²) >= 11 is 0. The van der Waals surface area contributed by atoms with Crippen LogP contribution in [0.3, 0.4) is 0 Å². The van der Waals surface area contributed by atoms with Crippen LogP contribution < -0.4 is 15.8 Å². The largest absolute Gasteiger partial charge is 0.456 e. The third-order valence-electron chi connectivity index (χ3n) is 13.3. The molecule has 3 aromatic heterocycles. The summed E-state index contributed by atoms with van der Waals surface area (Å²) in [4.78, 5) is 2.38. The Morgan fingerprint density at radius 1 is 0.450 bits per heavy atom. The predicted molar refractivity (Wildman–Crippen MR) is 248 cm³/mol. The van der Waals surface area contributed by atoms with Crippen molar-refractivity contribution in [1.82, 2.24) is 4.48 Å². The smallest absolute Gasteiger partial charge is 0.329 e. The molecule has 4 nitrogen and oxygen atoms in total. The first kappa shape index (κ1) is 32.2. The zero-order valence-electron chi connectivity index (χ0n) is 32.3. The Kier molecular flexibility index (Phi) is 6.39. The highest BCUT2D eigenvalue weighted by Gasteiger charge is 2.45. The maximum absolute atomic E-state index is 6.97. The van der Waals surface area contributed by atoms with Crippen LogP contribution in [0.5, 0.6) is 0 Å². The second kappa shape index (κ2) is 11.9. The molecular formula is C55H33BN2O2. The minimum Gasteiger partial charge on any atom is -0.456 e. The van der Waals surface area contributed by atoms with Gasteiger partial charge in [0.1, 0.15) is 22.3 Å². The lowest BCUT2D eigenvalue weighted by atomic mass is 9.41. The molecule has 0 fully saturated rings. The Morgan fingerprint density at radius 2 is 1.10 bits per heavy atom. The summed E-state index contributed by atoms with van der Waals surface area (Å²) in [7, 11) is 0. The van der Waals surface area contributed by atoms with Gasteiger partial charge in [-0.15, -0.1) is 0 Å². The van der Waals surface area contributed by atoms with E-state index >= 15 is 0 Å². The Morgan fingerprint density at radius 3 is 1.90 bits per heavy atom. The molecule has 0 radical (unpaired) electrons. The molecule has 12 aromatic rings. The quantitative estimate of drug-likeness (QED) is 0.167. The van der Waals surface area contributed by atoms with Gasteiger partial charge in [0, 0.05) is 77.5 Å². The molecule has 2 aliphatic heterocycles. The van der Waals surface area contributed by atoms with E-state index in [1.807, 2.05) is 0 Å². The average molecular weight is 765 g/mol. The number of anilines is 3. The van der Waals surface area contributed by atoms with Gasteiger partial charge in [0.05, 0.1) is 0 Å². The van der Waals surface area contributed by atoms with Crippen molar-refractivity contribution in [2.45, 2.75) is 5.92 Å². The second-order valence-electron chi connectivity index (χ2n) is 16.3. The van der Waals surface area contributed by atoms with Crippen LogP contribution in [0.25, 0.3) is 76.8 Å². The summed E-state index contributed by atoms with van der Waals surface area (Å²) in [6.45, 7) is -0.0950. The number of furan rings is 2. The Hall–Kier alpha value is -7.76. The van der Waals surface area contributed by atoms with Gasteiger partial charge in [0.25, 0.3) is 0 Å². The van der Waals surface area contributed by atoms with Gasteiger partial charge in [-0.2, -0.15) is 0 Å². The first-order valence-electron chi connectivity index (χ1n) is 20.7. The zero-order valence-corrected chi connectivity index (χ0v) is 32.3. The molecule has 0 bridgehead atoms. The van der Waals surface area contributed by atoms with E-state index in [4.69, 9.17) is 8.83 Å². The molecule has 0 saturated heterocycles. The molecule has 0 aliphatic carbocycles. The average Bonchev–Trinajstić information content (AvgIpc) is 3.99. The highest BCUT2D eigenvalue weighted by atomic mass is 16.3. The fraction of sp³-hybridized carbons (Fsp3) is 0.0182. The number of aromatic nitrogens is 1. The van der Waals surface area contributed by atoms with Gasteiger partial charge in [0.2, 0.25) is 0 Å². The monoisotopic (exact) mass is 764 g/mol. The minimum absolute atomic E-state index is 0.0950. The van der Waals surface area contributed by atoms with Crippen molar-refractivity contribution < 1.29 is 8.83 Å². The predicted octanol–water partition coefficient (Wildman–Crippen LogP) is 13.2. The van der Waals surface area contributed by atoms with Gasteiger partial charge in [-0.1, -0.05) is 133 Å². The van der Waals surface area contributed by atoms with E-state index < -0.39 is 0 Å².